The number of carbonyl (C=O) groups excluding carboxylic acids is 1. The highest BCUT2D eigenvalue weighted by atomic mass is 79.9. The van der Waals surface area contributed by atoms with Crippen LogP contribution in [0.3, 0.4) is 0 Å². The minimum Gasteiger partial charge on any atom is -0.308 e. The van der Waals surface area contributed by atoms with Gasteiger partial charge in [-0.2, -0.15) is 0 Å². The van der Waals surface area contributed by atoms with Gasteiger partial charge in [0.25, 0.3) is 0 Å². The van der Waals surface area contributed by atoms with E-state index in [4.69, 9.17) is 23.2 Å². The molecule has 0 aliphatic rings. The molecule has 0 aliphatic heterocycles. The molecule has 2 aromatic carbocycles. The monoisotopic (exact) mass is 372 g/mol. The minimum atomic E-state index is -0.366. The Hall–Kier alpha value is -1.23. The molecule has 0 aliphatic carbocycles. The fourth-order valence-corrected chi connectivity index (χ4v) is 2.52. The van der Waals surface area contributed by atoms with Gasteiger partial charge in [-0.25, -0.2) is 4.79 Å². The Bertz CT molecular complexity index is 641. The number of hydrogen-bond donors (Lipinski definition) is 2. The molecule has 2 amide bonds. The van der Waals surface area contributed by atoms with Gasteiger partial charge < -0.3 is 10.6 Å². The molecule has 0 radical (unpaired) electrons. The summed E-state index contributed by atoms with van der Waals surface area (Å²) in [7, 11) is 0. The lowest BCUT2D eigenvalue weighted by Crippen LogP contribution is -2.19. The number of nitrogens with one attached hydrogen (secondary N) is 2. The standard InChI is InChI=1S/C14H11BrCl2N2O/c1-8-2-3-12(15)13(4-8)19-14(20)18-11-6-9(16)5-10(17)7-11/h2-7H,1H3,(H2,18,19,20). The number of amides is 2. The van der Waals surface area contributed by atoms with E-state index in [1.54, 1.807) is 18.2 Å². The highest BCUT2D eigenvalue weighted by molar-refractivity contribution is 9.10. The molecule has 2 N–H and O–H groups in total. The summed E-state index contributed by atoms with van der Waals surface area (Å²) in [5.41, 5.74) is 2.27. The molecule has 0 saturated carbocycles. The Morgan fingerprint density at radius 1 is 1.05 bits per heavy atom. The van der Waals surface area contributed by atoms with Gasteiger partial charge in [-0.1, -0.05) is 29.3 Å². The maximum atomic E-state index is 11.9. The predicted molar refractivity (Wildman–Crippen MR) is 88.0 cm³/mol. The smallest absolute Gasteiger partial charge is 0.308 e. The summed E-state index contributed by atoms with van der Waals surface area (Å²) in [6, 6.07) is 10.2. The van der Waals surface area contributed by atoms with Crippen molar-refractivity contribution in [1.82, 2.24) is 0 Å². The molecule has 0 atom stereocenters. The SMILES string of the molecule is Cc1ccc(Br)c(NC(=O)Nc2cc(Cl)cc(Cl)c2)c1. The molecular weight excluding hydrogens is 363 g/mol. The van der Waals surface area contributed by atoms with Crippen molar-refractivity contribution in [3.05, 3.63) is 56.5 Å². The molecule has 0 unspecified atom stereocenters. The maximum Gasteiger partial charge on any atom is 0.323 e. The first kappa shape index (κ1) is 15.2. The van der Waals surface area contributed by atoms with Crippen LogP contribution < -0.4 is 10.6 Å². The van der Waals surface area contributed by atoms with E-state index in [0.717, 1.165) is 10.0 Å². The van der Waals surface area contributed by atoms with Crippen LogP contribution in [0.15, 0.2) is 40.9 Å². The third-order valence-electron chi connectivity index (χ3n) is 2.49. The van der Waals surface area contributed by atoms with Crippen LogP contribution in [-0.2, 0) is 0 Å². The largest absolute Gasteiger partial charge is 0.323 e. The highest BCUT2D eigenvalue weighted by Gasteiger charge is 2.07. The molecular formula is C14H11BrCl2N2O. The van der Waals surface area contributed by atoms with E-state index in [1.807, 2.05) is 25.1 Å². The summed E-state index contributed by atoms with van der Waals surface area (Å²) >= 11 is 15.1. The number of hydrogen-bond acceptors (Lipinski definition) is 1. The Balaban J connectivity index is 2.11. The Kier molecular flexibility index (Phi) is 4.91. The molecule has 20 heavy (non-hydrogen) atoms. The molecule has 0 spiro atoms. The summed E-state index contributed by atoms with van der Waals surface area (Å²) in [4.78, 5) is 11.9. The van der Waals surface area contributed by atoms with Gasteiger partial charge in [0.1, 0.15) is 0 Å². The highest BCUT2D eigenvalue weighted by Crippen LogP contribution is 2.25. The van der Waals surface area contributed by atoms with E-state index in [0.29, 0.717) is 21.4 Å². The molecule has 0 heterocycles. The van der Waals surface area contributed by atoms with E-state index >= 15 is 0 Å². The van der Waals surface area contributed by atoms with Gasteiger partial charge in [0.2, 0.25) is 0 Å². The normalized spacial score (nSPS) is 10.2. The second-order valence-corrected chi connectivity index (χ2v) is 5.95. The van der Waals surface area contributed by atoms with Crippen molar-refractivity contribution in [2.45, 2.75) is 6.92 Å². The van der Waals surface area contributed by atoms with E-state index in [9.17, 15) is 4.79 Å². The number of benzene rings is 2. The van der Waals surface area contributed by atoms with Crippen LogP contribution in [0.4, 0.5) is 16.2 Å². The van der Waals surface area contributed by atoms with Crippen molar-refractivity contribution in [3.63, 3.8) is 0 Å². The molecule has 0 aromatic heterocycles. The third kappa shape index (κ3) is 4.13. The number of urea groups is 1. The van der Waals surface area contributed by atoms with Crippen molar-refractivity contribution in [1.29, 1.82) is 0 Å². The summed E-state index contributed by atoms with van der Waals surface area (Å²) in [6.45, 7) is 1.95. The molecule has 2 rings (SSSR count). The zero-order valence-corrected chi connectivity index (χ0v) is 13.6. The van der Waals surface area contributed by atoms with Gasteiger partial charge >= 0.3 is 6.03 Å². The van der Waals surface area contributed by atoms with Gasteiger partial charge in [-0.3, -0.25) is 0 Å². The summed E-state index contributed by atoms with van der Waals surface area (Å²) in [6.07, 6.45) is 0. The van der Waals surface area contributed by atoms with Crippen LogP contribution in [-0.4, -0.2) is 6.03 Å². The Labute approximate surface area is 135 Å². The molecule has 0 bridgehead atoms. The number of carbonyl (C=O) groups is 1. The van der Waals surface area contributed by atoms with Crippen molar-refractivity contribution < 1.29 is 4.79 Å². The average Bonchev–Trinajstić information content (AvgIpc) is 2.32. The Morgan fingerprint density at radius 2 is 1.70 bits per heavy atom. The van der Waals surface area contributed by atoms with Crippen LogP contribution in [0.1, 0.15) is 5.56 Å². The quantitative estimate of drug-likeness (QED) is 0.695. The van der Waals surface area contributed by atoms with Crippen LogP contribution in [0, 0.1) is 6.92 Å². The summed E-state index contributed by atoms with van der Waals surface area (Å²) in [5.74, 6) is 0. The molecule has 104 valence electrons. The lowest BCUT2D eigenvalue weighted by molar-refractivity contribution is 0.262. The van der Waals surface area contributed by atoms with E-state index in [2.05, 4.69) is 26.6 Å². The first-order valence-corrected chi connectivity index (χ1v) is 7.29. The third-order valence-corrected chi connectivity index (χ3v) is 3.62. The fraction of sp³-hybridized carbons (Fsp3) is 0.0714. The topological polar surface area (TPSA) is 41.1 Å². The second kappa shape index (κ2) is 6.48. The predicted octanol–water partition coefficient (Wildman–Crippen LogP) is 5.71. The van der Waals surface area contributed by atoms with E-state index in [-0.39, 0.29) is 6.03 Å². The van der Waals surface area contributed by atoms with Crippen LogP contribution >= 0.6 is 39.1 Å². The Morgan fingerprint density at radius 3 is 2.35 bits per heavy atom. The van der Waals surface area contributed by atoms with Crippen molar-refractivity contribution in [3.8, 4) is 0 Å². The molecule has 3 nitrogen and oxygen atoms in total. The average molecular weight is 374 g/mol. The summed E-state index contributed by atoms with van der Waals surface area (Å²) in [5, 5.41) is 6.36. The van der Waals surface area contributed by atoms with Crippen molar-refractivity contribution >= 4 is 56.5 Å². The van der Waals surface area contributed by atoms with E-state index in [1.165, 1.54) is 0 Å². The first-order chi connectivity index (χ1) is 9.44. The van der Waals surface area contributed by atoms with Crippen LogP contribution in [0.25, 0.3) is 0 Å². The molecule has 6 heteroatoms. The number of rotatable bonds is 2. The first-order valence-electron chi connectivity index (χ1n) is 5.74. The number of anilines is 2. The fourth-order valence-electron chi connectivity index (χ4n) is 1.65. The van der Waals surface area contributed by atoms with Crippen LogP contribution in [0.2, 0.25) is 10.0 Å². The zero-order valence-electron chi connectivity index (χ0n) is 10.5. The van der Waals surface area contributed by atoms with Gasteiger partial charge in [0.15, 0.2) is 0 Å². The van der Waals surface area contributed by atoms with Crippen LogP contribution in [0.5, 0.6) is 0 Å². The molecule has 0 saturated heterocycles. The number of aryl methyl sites for hydroxylation is 1. The number of halogens is 3. The molecule has 0 fully saturated rings. The molecule has 2 aromatic rings. The summed E-state index contributed by atoms with van der Waals surface area (Å²) < 4.78 is 0.808. The van der Waals surface area contributed by atoms with E-state index < -0.39 is 0 Å². The van der Waals surface area contributed by atoms with Gasteiger partial charge in [0.05, 0.1) is 5.69 Å². The van der Waals surface area contributed by atoms with Gasteiger partial charge in [-0.15, -0.1) is 0 Å². The van der Waals surface area contributed by atoms with Gasteiger partial charge in [0, 0.05) is 20.2 Å². The van der Waals surface area contributed by atoms with Crippen molar-refractivity contribution in [2.75, 3.05) is 10.6 Å². The second-order valence-electron chi connectivity index (χ2n) is 4.22. The maximum absolute atomic E-state index is 11.9. The minimum absolute atomic E-state index is 0.366. The van der Waals surface area contributed by atoms with Gasteiger partial charge in [-0.05, 0) is 58.7 Å². The lowest BCUT2D eigenvalue weighted by atomic mass is 10.2. The zero-order chi connectivity index (χ0) is 14.7. The van der Waals surface area contributed by atoms with Crippen molar-refractivity contribution in [2.24, 2.45) is 0 Å². The lowest BCUT2D eigenvalue weighted by Gasteiger charge is -2.10.